The summed E-state index contributed by atoms with van der Waals surface area (Å²) in [6.07, 6.45) is 2.15. The number of anilines is 2. The van der Waals surface area contributed by atoms with Crippen molar-refractivity contribution in [1.29, 1.82) is 0 Å². The molecule has 0 bridgehead atoms. The molecule has 1 heterocycles. The molecule has 1 fully saturated rings. The van der Waals surface area contributed by atoms with Crippen LogP contribution in [0.25, 0.3) is 0 Å². The van der Waals surface area contributed by atoms with E-state index in [1.54, 1.807) is 24.3 Å². The Morgan fingerprint density at radius 1 is 1.04 bits per heavy atom. The first-order valence-electron chi connectivity index (χ1n) is 7.95. The Balaban J connectivity index is 1.56. The van der Waals surface area contributed by atoms with Crippen molar-refractivity contribution in [1.82, 2.24) is 5.32 Å². The fraction of sp³-hybridized carbons (Fsp3) is 0.278. The number of hydrogen-bond donors (Lipinski definition) is 2. The molecule has 0 radical (unpaired) electrons. The molecule has 6 heteroatoms. The van der Waals surface area contributed by atoms with E-state index >= 15 is 0 Å². The fourth-order valence-corrected chi connectivity index (χ4v) is 2.76. The van der Waals surface area contributed by atoms with Crippen LogP contribution in [0.3, 0.4) is 0 Å². The maximum absolute atomic E-state index is 14.2. The zero-order valence-electron chi connectivity index (χ0n) is 13.2. The Kier molecular flexibility index (Phi) is 4.93. The highest BCUT2D eigenvalue weighted by Gasteiger charge is 2.16. The zero-order chi connectivity index (χ0) is 16.9. The molecule has 3 rings (SSSR count). The highest BCUT2D eigenvalue weighted by Crippen LogP contribution is 2.26. The smallest absolute Gasteiger partial charge is 0.319 e. The van der Waals surface area contributed by atoms with E-state index in [1.807, 2.05) is 4.90 Å². The molecule has 0 unspecified atom stereocenters. The fourth-order valence-electron chi connectivity index (χ4n) is 2.76. The zero-order valence-corrected chi connectivity index (χ0v) is 13.2. The van der Waals surface area contributed by atoms with Gasteiger partial charge in [-0.05, 0) is 48.7 Å². The summed E-state index contributed by atoms with van der Waals surface area (Å²) in [5.74, 6) is -0.662. The lowest BCUT2D eigenvalue weighted by Crippen LogP contribution is -2.28. The number of hydrogen-bond acceptors (Lipinski definition) is 2. The molecule has 1 aliphatic rings. The Morgan fingerprint density at radius 3 is 2.42 bits per heavy atom. The Morgan fingerprint density at radius 2 is 1.75 bits per heavy atom. The third-order valence-electron chi connectivity index (χ3n) is 4.02. The van der Waals surface area contributed by atoms with Gasteiger partial charge in [-0.1, -0.05) is 12.1 Å². The molecule has 0 spiro atoms. The number of carbonyl (C=O) groups is 1. The molecule has 4 nitrogen and oxygen atoms in total. The second-order valence-electron chi connectivity index (χ2n) is 5.79. The summed E-state index contributed by atoms with van der Waals surface area (Å²) in [4.78, 5) is 13.9. The summed E-state index contributed by atoms with van der Waals surface area (Å²) in [6, 6.07) is 10.1. The van der Waals surface area contributed by atoms with Crippen molar-refractivity contribution in [2.75, 3.05) is 23.3 Å². The summed E-state index contributed by atoms with van der Waals surface area (Å²) in [6.45, 7) is 1.99. The number of benzene rings is 2. The minimum Gasteiger partial charge on any atom is -0.369 e. The van der Waals surface area contributed by atoms with Gasteiger partial charge in [0.25, 0.3) is 0 Å². The molecule has 2 N–H and O–H groups in total. The maximum Gasteiger partial charge on any atom is 0.319 e. The Bertz CT molecular complexity index is 713. The van der Waals surface area contributed by atoms with Crippen LogP contribution >= 0.6 is 0 Å². The summed E-state index contributed by atoms with van der Waals surface area (Å²) in [7, 11) is 0. The molecule has 24 heavy (non-hydrogen) atoms. The summed E-state index contributed by atoms with van der Waals surface area (Å²) in [5, 5.41) is 5.25. The van der Waals surface area contributed by atoms with E-state index in [2.05, 4.69) is 10.6 Å². The van der Waals surface area contributed by atoms with Gasteiger partial charge in [-0.15, -0.1) is 0 Å². The van der Waals surface area contributed by atoms with Gasteiger partial charge in [-0.25, -0.2) is 13.6 Å². The van der Waals surface area contributed by atoms with Crippen LogP contribution < -0.4 is 15.5 Å². The van der Waals surface area contributed by atoms with Crippen LogP contribution in [0.1, 0.15) is 18.4 Å². The number of rotatable bonds is 4. The standard InChI is InChI=1S/C18H19F2N3O/c19-14-5-3-13(4-6-14)12-21-18(24)22-15-7-8-17(16(20)11-15)23-9-1-2-10-23/h3-8,11H,1-2,9-10,12H2,(H2,21,22,24). The van der Waals surface area contributed by atoms with E-state index in [-0.39, 0.29) is 18.2 Å². The molecule has 1 saturated heterocycles. The average molecular weight is 331 g/mol. The van der Waals surface area contributed by atoms with Gasteiger partial charge in [0.05, 0.1) is 5.69 Å². The average Bonchev–Trinajstić information content (AvgIpc) is 3.09. The van der Waals surface area contributed by atoms with Crippen LogP contribution in [0.4, 0.5) is 25.0 Å². The molecule has 2 aromatic rings. The van der Waals surface area contributed by atoms with E-state index < -0.39 is 6.03 Å². The highest BCUT2D eigenvalue weighted by molar-refractivity contribution is 5.89. The van der Waals surface area contributed by atoms with E-state index in [1.165, 1.54) is 18.2 Å². The van der Waals surface area contributed by atoms with Crippen LogP contribution in [-0.4, -0.2) is 19.1 Å². The summed E-state index contributed by atoms with van der Waals surface area (Å²) >= 11 is 0. The van der Waals surface area contributed by atoms with Gasteiger partial charge in [0, 0.05) is 25.3 Å². The number of nitrogens with zero attached hydrogens (tertiary/aromatic N) is 1. The first kappa shape index (κ1) is 16.2. The maximum atomic E-state index is 14.2. The van der Waals surface area contributed by atoms with Gasteiger partial charge >= 0.3 is 6.03 Å². The Hall–Kier alpha value is -2.63. The third kappa shape index (κ3) is 4.01. The van der Waals surface area contributed by atoms with E-state index in [9.17, 15) is 13.6 Å². The number of amides is 2. The van der Waals surface area contributed by atoms with Crippen molar-refractivity contribution in [2.45, 2.75) is 19.4 Å². The SMILES string of the molecule is O=C(NCc1ccc(F)cc1)Nc1ccc(N2CCCC2)c(F)c1. The van der Waals surface area contributed by atoms with Gasteiger partial charge in [0.1, 0.15) is 11.6 Å². The number of urea groups is 1. The highest BCUT2D eigenvalue weighted by atomic mass is 19.1. The number of halogens is 2. The molecule has 0 atom stereocenters. The van der Waals surface area contributed by atoms with Crippen molar-refractivity contribution >= 4 is 17.4 Å². The minimum atomic E-state index is -0.437. The molecule has 0 aliphatic carbocycles. The minimum absolute atomic E-state index is 0.264. The van der Waals surface area contributed by atoms with Crippen LogP contribution in [0, 0.1) is 11.6 Å². The van der Waals surface area contributed by atoms with Gasteiger partial charge in [0.2, 0.25) is 0 Å². The molecule has 2 amide bonds. The van der Waals surface area contributed by atoms with E-state index in [0.29, 0.717) is 11.4 Å². The van der Waals surface area contributed by atoms with Gasteiger partial charge < -0.3 is 15.5 Å². The second-order valence-corrected chi connectivity index (χ2v) is 5.79. The van der Waals surface area contributed by atoms with Crippen molar-refractivity contribution in [2.24, 2.45) is 0 Å². The molecule has 2 aromatic carbocycles. The lowest BCUT2D eigenvalue weighted by Gasteiger charge is -2.19. The largest absolute Gasteiger partial charge is 0.369 e. The molecule has 0 saturated carbocycles. The van der Waals surface area contributed by atoms with Gasteiger partial charge in [-0.3, -0.25) is 0 Å². The van der Waals surface area contributed by atoms with E-state index in [4.69, 9.17) is 0 Å². The summed E-state index contributed by atoms with van der Waals surface area (Å²) < 4.78 is 27.0. The van der Waals surface area contributed by atoms with Crippen LogP contribution in [0.2, 0.25) is 0 Å². The first-order chi connectivity index (χ1) is 11.6. The third-order valence-corrected chi connectivity index (χ3v) is 4.02. The second kappa shape index (κ2) is 7.29. The first-order valence-corrected chi connectivity index (χ1v) is 7.95. The monoisotopic (exact) mass is 331 g/mol. The topological polar surface area (TPSA) is 44.4 Å². The molecular formula is C18H19F2N3O. The normalized spacial score (nSPS) is 13.8. The number of carbonyl (C=O) groups excluding carboxylic acids is 1. The van der Waals surface area contributed by atoms with Crippen molar-refractivity contribution in [3.8, 4) is 0 Å². The lowest BCUT2D eigenvalue weighted by molar-refractivity contribution is 0.251. The van der Waals surface area contributed by atoms with Crippen molar-refractivity contribution in [3.63, 3.8) is 0 Å². The van der Waals surface area contributed by atoms with Gasteiger partial charge in [0.15, 0.2) is 0 Å². The van der Waals surface area contributed by atoms with Gasteiger partial charge in [-0.2, -0.15) is 0 Å². The quantitative estimate of drug-likeness (QED) is 0.893. The molecular weight excluding hydrogens is 312 g/mol. The predicted octanol–water partition coefficient (Wildman–Crippen LogP) is 3.89. The van der Waals surface area contributed by atoms with Crippen molar-refractivity contribution in [3.05, 3.63) is 59.7 Å². The van der Waals surface area contributed by atoms with Crippen LogP contribution in [0.15, 0.2) is 42.5 Å². The lowest BCUT2D eigenvalue weighted by atomic mass is 10.2. The molecule has 126 valence electrons. The van der Waals surface area contributed by atoms with Crippen LogP contribution in [-0.2, 0) is 6.54 Å². The van der Waals surface area contributed by atoms with Crippen LogP contribution in [0.5, 0.6) is 0 Å². The molecule has 0 aromatic heterocycles. The predicted molar refractivity (Wildman–Crippen MR) is 90.1 cm³/mol. The van der Waals surface area contributed by atoms with Crippen molar-refractivity contribution < 1.29 is 13.6 Å². The van der Waals surface area contributed by atoms with E-state index in [0.717, 1.165) is 31.5 Å². The summed E-state index contributed by atoms with van der Waals surface area (Å²) in [5.41, 5.74) is 1.75. The Labute approximate surface area is 139 Å². The molecule has 1 aliphatic heterocycles. The number of nitrogens with one attached hydrogen (secondary N) is 2.